The molecule has 0 saturated heterocycles. The van der Waals surface area contributed by atoms with Gasteiger partial charge in [0.15, 0.2) is 12.4 Å². The summed E-state index contributed by atoms with van der Waals surface area (Å²) in [6.07, 6.45) is 3.95. The van der Waals surface area contributed by atoms with Gasteiger partial charge in [-0.3, -0.25) is 4.79 Å². The largest absolute Gasteiger partial charge is 0.673 e. The molecular weight excluding hydrogens is 295 g/mol. The highest BCUT2D eigenvalue weighted by molar-refractivity contribution is 6.50. The lowest BCUT2D eigenvalue weighted by atomic mass is 10.1. The lowest BCUT2D eigenvalue weighted by Gasteiger charge is -2.14. The van der Waals surface area contributed by atoms with Crippen LogP contribution >= 0.6 is 0 Å². The summed E-state index contributed by atoms with van der Waals surface area (Å²) in [6, 6.07) is 3.06. The van der Waals surface area contributed by atoms with Gasteiger partial charge < -0.3 is 27.3 Å². The number of carbonyl (C=O) groups is 2. The third-order valence-corrected chi connectivity index (χ3v) is 2.07. The van der Waals surface area contributed by atoms with E-state index < -0.39 is 19.3 Å². The van der Waals surface area contributed by atoms with E-state index in [1.165, 1.54) is 14.0 Å². The average molecular weight is 310 g/mol. The first-order valence-electron chi connectivity index (χ1n) is 5.80. The second-order valence-electron chi connectivity index (χ2n) is 3.89. The number of aromatic nitrogens is 1. The fraction of sp³-hybridized carbons (Fsp3) is 0.364. The van der Waals surface area contributed by atoms with Crippen LogP contribution in [0.2, 0.25) is 0 Å². The second-order valence-corrected chi connectivity index (χ2v) is 3.89. The van der Waals surface area contributed by atoms with Gasteiger partial charge >= 0.3 is 13.2 Å². The maximum atomic E-state index is 11.4. The normalized spacial score (nSPS) is 11.7. The van der Waals surface area contributed by atoms with E-state index >= 15 is 0 Å². The molecule has 0 fully saturated rings. The summed E-state index contributed by atoms with van der Waals surface area (Å²) in [7, 11) is -4.70. The molecule has 0 bridgehead atoms. The minimum atomic E-state index is -6.00. The van der Waals surface area contributed by atoms with Gasteiger partial charge in [0, 0.05) is 25.0 Å². The third kappa shape index (κ3) is 11.4. The summed E-state index contributed by atoms with van der Waals surface area (Å²) in [5, 5.41) is 2.55. The van der Waals surface area contributed by atoms with Crippen molar-refractivity contribution in [2.45, 2.75) is 19.4 Å². The van der Waals surface area contributed by atoms with Crippen molar-refractivity contribution in [2.24, 2.45) is 0 Å². The van der Waals surface area contributed by atoms with Crippen LogP contribution in [0.15, 0.2) is 24.5 Å². The van der Waals surface area contributed by atoms with E-state index in [0.29, 0.717) is 6.42 Å². The molecule has 1 unspecified atom stereocenters. The van der Waals surface area contributed by atoms with Crippen LogP contribution in [0, 0.1) is 0 Å². The summed E-state index contributed by atoms with van der Waals surface area (Å²) in [5.41, 5.74) is 0.923. The average Bonchev–Trinajstić information content (AvgIpc) is 2.36. The van der Waals surface area contributed by atoms with Crippen molar-refractivity contribution in [3.05, 3.63) is 30.1 Å². The van der Waals surface area contributed by atoms with Crippen LogP contribution < -0.4 is 10.3 Å². The van der Waals surface area contributed by atoms with Gasteiger partial charge in [0.1, 0.15) is 6.04 Å². The van der Waals surface area contributed by atoms with Crippen molar-refractivity contribution in [3.63, 3.8) is 0 Å². The molecule has 1 aromatic rings. The van der Waals surface area contributed by atoms with E-state index in [2.05, 4.69) is 15.0 Å². The van der Waals surface area contributed by atoms with Gasteiger partial charge in [-0.05, 0) is 6.07 Å². The maximum Gasteiger partial charge on any atom is 0.673 e. The molecule has 0 aromatic carbocycles. The predicted molar refractivity (Wildman–Crippen MR) is 66.5 cm³/mol. The Bertz CT molecular complexity index is 451. The van der Waals surface area contributed by atoms with Crippen LogP contribution in [0.5, 0.6) is 0 Å². The van der Waals surface area contributed by atoms with Crippen LogP contribution in [-0.4, -0.2) is 32.3 Å². The first-order chi connectivity index (χ1) is 9.63. The molecule has 1 atom stereocenters. The zero-order valence-corrected chi connectivity index (χ0v) is 11.4. The Hall–Kier alpha value is -2.13. The third-order valence-electron chi connectivity index (χ3n) is 2.07. The summed E-state index contributed by atoms with van der Waals surface area (Å²) < 4.78 is 43.6. The highest BCUT2D eigenvalue weighted by atomic mass is 19.5. The molecule has 21 heavy (non-hydrogen) atoms. The number of halogens is 4. The molecule has 0 spiro atoms. The van der Waals surface area contributed by atoms with E-state index in [1.807, 2.05) is 12.1 Å². The predicted octanol–water partition coefficient (Wildman–Crippen LogP) is 1.02. The molecule has 0 aliphatic heterocycles. The lowest BCUT2D eigenvalue weighted by Crippen LogP contribution is -2.42. The zero-order chi connectivity index (χ0) is 16.5. The molecule has 1 heterocycles. The molecule has 5 nitrogen and oxygen atoms in total. The number of nitrogens with one attached hydrogen (secondary N) is 2. The van der Waals surface area contributed by atoms with Crippen molar-refractivity contribution in [1.29, 1.82) is 0 Å². The smallest absolute Gasteiger partial charge is 0.467 e. The van der Waals surface area contributed by atoms with Crippen molar-refractivity contribution >= 4 is 19.1 Å². The molecule has 1 rings (SSSR count). The maximum absolute atomic E-state index is 11.4. The number of esters is 1. The Morgan fingerprint density at radius 3 is 2.33 bits per heavy atom. The van der Waals surface area contributed by atoms with E-state index in [-0.39, 0.29) is 5.91 Å². The molecule has 0 saturated carbocycles. The van der Waals surface area contributed by atoms with Crippen LogP contribution in [0.4, 0.5) is 17.3 Å². The summed E-state index contributed by atoms with van der Waals surface area (Å²) in [6.45, 7) is 1.37. The van der Waals surface area contributed by atoms with Crippen LogP contribution in [0.25, 0.3) is 0 Å². The highest BCUT2D eigenvalue weighted by Crippen LogP contribution is 2.06. The fourth-order valence-electron chi connectivity index (χ4n) is 1.37. The Morgan fingerprint density at radius 1 is 1.38 bits per heavy atom. The van der Waals surface area contributed by atoms with Gasteiger partial charge in [0.2, 0.25) is 5.91 Å². The van der Waals surface area contributed by atoms with Gasteiger partial charge in [-0.1, -0.05) is 0 Å². The molecule has 118 valence electrons. The van der Waals surface area contributed by atoms with Gasteiger partial charge in [-0.15, -0.1) is 0 Å². The fourth-order valence-corrected chi connectivity index (χ4v) is 1.37. The summed E-state index contributed by atoms with van der Waals surface area (Å²) >= 11 is 0. The number of ether oxygens (including phenoxy) is 1. The van der Waals surface area contributed by atoms with E-state index in [9.17, 15) is 26.9 Å². The number of hydrogen-bond acceptors (Lipinski definition) is 3. The van der Waals surface area contributed by atoms with Gasteiger partial charge in [-0.2, -0.15) is 0 Å². The Morgan fingerprint density at radius 2 is 1.95 bits per heavy atom. The van der Waals surface area contributed by atoms with Gasteiger partial charge in [0.25, 0.3) is 0 Å². The molecule has 10 heteroatoms. The molecule has 0 aliphatic carbocycles. The molecule has 1 amide bonds. The number of aromatic amines is 1. The SMILES string of the molecule is COC(=O)C(Cc1ccc[nH+]c1)NC(C)=O.F[B-](F)(F)F. The van der Waals surface area contributed by atoms with Crippen molar-refractivity contribution in [1.82, 2.24) is 5.32 Å². The number of amides is 1. The molecular formula is C11H15BF4N2O3. The summed E-state index contributed by atoms with van der Waals surface area (Å²) in [4.78, 5) is 25.3. The van der Waals surface area contributed by atoms with Crippen molar-refractivity contribution < 1.29 is 36.6 Å². The number of hydrogen-bond donors (Lipinski definition) is 1. The number of rotatable bonds is 4. The van der Waals surface area contributed by atoms with E-state index in [0.717, 1.165) is 5.56 Å². The Balaban J connectivity index is 0.000000690. The monoisotopic (exact) mass is 310 g/mol. The van der Waals surface area contributed by atoms with E-state index in [1.54, 1.807) is 12.4 Å². The molecule has 0 aliphatic rings. The quantitative estimate of drug-likeness (QED) is 0.513. The standard InChI is InChI=1S/C11H14N2O3.BF4/c1-8(14)13-10(11(15)16-2)6-9-4-3-5-12-7-9;2-1(3,4)5/h3-5,7,10H,6H2,1-2H3,(H,13,14);/q;-1/p+1. The molecule has 1 aromatic heterocycles. The van der Waals surface area contributed by atoms with Crippen LogP contribution in [-0.2, 0) is 20.7 Å². The second kappa shape index (κ2) is 8.93. The molecule has 0 radical (unpaired) electrons. The van der Waals surface area contributed by atoms with Gasteiger partial charge in [0.05, 0.1) is 7.11 Å². The van der Waals surface area contributed by atoms with Crippen molar-refractivity contribution in [2.75, 3.05) is 7.11 Å². The minimum Gasteiger partial charge on any atom is -0.467 e. The highest BCUT2D eigenvalue weighted by Gasteiger charge is 2.21. The van der Waals surface area contributed by atoms with E-state index in [4.69, 9.17) is 0 Å². The number of H-pyrrole nitrogens is 1. The number of carbonyl (C=O) groups excluding carboxylic acids is 2. The Kier molecular flexibility index (Phi) is 8.03. The number of pyridine rings is 1. The van der Waals surface area contributed by atoms with Crippen molar-refractivity contribution in [3.8, 4) is 0 Å². The van der Waals surface area contributed by atoms with Crippen LogP contribution in [0.3, 0.4) is 0 Å². The Labute approximate surface area is 118 Å². The first kappa shape index (κ1) is 18.9. The van der Waals surface area contributed by atoms with Crippen LogP contribution in [0.1, 0.15) is 12.5 Å². The molecule has 2 N–H and O–H groups in total. The topological polar surface area (TPSA) is 69.5 Å². The van der Waals surface area contributed by atoms with Gasteiger partial charge in [-0.25, -0.2) is 9.78 Å². The minimum absolute atomic E-state index is 0.254. The first-order valence-corrected chi connectivity index (χ1v) is 5.80. The summed E-state index contributed by atoms with van der Waals surface area (Å²) in [5.74, 6) is -0.700. The lowest BCUT2D eigenvalue weighted by molar-refractivity contribution is -0.378. The number of methoxy groups -OCH3 is 1. The zero-order valence-electron chi connectivity index (χ0n) is 11.4.